The van der Waals surface area contributed by atoms with E-state index in [9.17, 15) is 8.42 Å². The minimum Gasteiger partial charge on any atom is -0.379 e. The summed E-state index contributed by atoms with van der Waals surface area (Å²) in [4.78, 5) is 0. The maximum Gasteiger partial charge on any atom is 0.264 e. The quantitative estimate of drug-likeness (QED) is 0.220. The van der Waals surface area contributed by atoms with Gasteiger partial charge in [-0.3, -0.25) is 4.55 Å². The molecule has 174 valence electrons. The Balaban J connectivity index is 1.69. The Labute approximate surface area is 179 Å². The van der Waals surface area contributed by atoms with Crippen LogP contribution in [0, 0.1) is 0 Å². The zero-order valence-electron chi connectivity index (χ0n) is 17.4. The highest BCUT2D eigenvalue weighted by molar-refractivity contribution is 7.85. The summed E-state index contributed by atoms with van der Waals surface area (Å²) < 4.78 is 61.8. The molecule has 0 aliphatic carbocycles. The summed E-state index contributed by atoms with van der Waals surface area (Å²) >= 11 is 0. The molecule has 0 amide bonds. The fourth-order valence-electron chi connectivity index (χ4n) is 2.21. The normalized spacial score (nSPS) is 11.8. The average Bonchev–Trinajstić information content (AvgIpc) is 2.72. The molecule has 0 atom stereocenters. The second-order valence-corrected chi connectivity index (χ2v) is 7.81. The van der Waals surface area contributed by atoms with Crippen molar-refractivity contribution in [3.8, 4) is 0 Å². The average molecular weight is 451 g/mol. The first-order valence-electron chi connectivity index (χ1n) is 10.0. The minimum atomic E-state index is -3.91. The Morgan fingerprint density at radius 1 is 0.600 bits per heavy atom. The van der Waals surface area contributed by atoms with E-state index in [1.807, 2.05) is 30.3 Å². The second kappa shape index (κ2) is 18.6. The topological polar surface area (TPSA) is 110 Å². The van der Waals surface area contributed by atoms with E-state index in [2.05, 4.69) is 0 Å². The van der Waals surface area contributed by atoms with Crippen LogP contribution in [0.2, 0.25) is 0 Å². The van der Waals surface area contributed by atoms with Gasteiger partial charge in [-0.05, 0) is 12.0 Å². The highest BCUT2D eigenvalue weighted by Crippen LogP contribution is 2.00. The first kappa shape index (κ1) is 26.9. The van der Waals surface area contributed by atoms with E-state index in [-0.39, 0.29) is 18.8 Å². The van der Waals surface area contributed by atoms with Crippen LogP contribution in [-0.4, -0.2) is 91.4 Å². The molecule has 0 radical (unpaired) electrons. The van der Waals surface area contributed by atoms with Crippen molar-refractivity contribution in [2.24, 2.45) is 0 Å². The van der Waals surface area contributed by atoms with Gasteiger partial charge in [0.1, 0.15) is 0 Å². The Hall–Kier alpha value is -1.11. The van der Waals surface area contributed by atoms with Gasteiger partial charge in [0.2, 0.25) is 0 Å². The Morgan fingerprint density at radius 2 is 1.00 bits per heavy atom. The third-order valence-electron chi connectivity index (χ3n) is 3.66. The fraction of sp³-hybridized carbons (Fsp3) is 0.700. The zero-order chi connectivity index (χ0) is 21.8. The van der Waals surface area contributed by atoms with E-state index in [0.717, 1.165) is 5.56 Å². The van der Waals surface area contributed by atoms with Crippen LogP contribution in [0.15, 0.2) is 30.3 Å². The van der Waals surface area contributed by atoms with Gasteiger partial charge >= 0.3 is 0 Å². The smallest absolute Gasteiger partial charge is 0.264 e. The summed E-state index contributed by atoms with van der Waals surface area (Å²) in [5.41, 5.74) is 1.15. The van der Waals surface area contributed by atoms with Crippen molar-refractivity contribution in [3.63, 3.8) is 0 Å². The van der Waals surface area contributed by atoms with Gasteiger partial charge < -0.3 is 28.4 Å². The number of hydrogen-bond acceptors (Lipinski definition) is 8. The molecule has 10 heteroatoms. The molecule has 0 saturated heterocycles. The van der Waals surface area contributed by atoms with Crippen molar-refractivity contribution < 1.29 is 41.4 Å². The Bertz CT molecular complexity index is 596. The molecule has 1 N–H and O–H groups in total. The summed E-state index contributed by atoms with van der Waals surface area (Å²) in [5.74, 6) is -0.293. The maximum atomic E-state index is 10.5. The van der Waals surface area contributed by atoms with Gasteiger partial charge in [0.15, 0.2) is 0 Å². The molecule has 1 aromatic rings. The SMILES string of the molecule is O=S(=O)(O)CCCOCCOCCOCCOCCOCCOCc1ccccc1. The second-order valence-electron chi connectivity index (χ2n) is 6.24. The molecule has 1 rings (SSSR count). The summed E-state index contributed by atoms with van der Waals surface area (Å²) in [6, 6.07) is 10.0. The van der Waals surface area contributed by atoms with Gasteiger partial charge in [-0.25, -0.2) is 0 Å². The van der Waals surface area contributed by atoms with Gasteiger partial charge in [-0.2, -0.15) is 8.42 Å². The fourth-order valence-corrected chi connectivity index (χ4v) is 2.69. The number of rotatable bonds is 21. The zero-order valence-corrected chi connectivity index (χ0v) is 18.2. The van der Waals surface area contributed by atoms with E-state index in [4.69, 9.17) is 33.0 Å². The van der Waals surface area contributed by atoms with Crippen LogP contribution in [-0.2, 0) is 45.1 Å². The Kier molecular flexibility index (Phi) is 16.7. The lowest BCUT2D eigenvalue weighted by Gasteiger charge is -2.08. The van der Waals surface area contributed by atoms with Crippen molar-refractivity contribution in [2.45, 2.75) is 13.0 Å². The van der Waals surface area contributed by atoms with Crippen LogP contribution in [0.4, 0.5) is 0 Å². The van der Waals surface area contributed by atoms with Crippen molar-refractivity contribution in [1.82, 2.24) is 0 Å². The van der Waals surface area contributed by atoms with E-state index < -0.39 is 10.1 Å². The minimum absolute atomic E-state index is 0.259. The van der Waals surface area contributed by atoms with Gasteiger partial charge in [-0.15, -0.1) is 0 Å². The van der Waals surface area contributed by atoms with Crippen LogP contribution >= 0.6 is 0 Å². The van der Waals surface area contributed by atoms with E-state index >= 15 is 0 Å². The summed E-state index contributed by atoms with van der Waals surface area (Å²) in [6.07, 6.45) is 0.259. The molecule has 0 aliphatic heterocycles. The van der Waals surface area contributed by atoms with Crippen molar-refractivity contribution in [2.75, 3.05) is 78.4 Å². The molecule has 0 aromatic heterocycles. The van der Waals surface area contributed by atoms with Gasteiger partial charge in [0.05, 0.1) is 78.4 Å². The monoisotopic (exact) mass is 450 g/mol. The lowest BCUT2D eigenvalue weighted by atomic mass is 10.2. The molecule has 0 fully saturated rings. The van der Waals surface area contributed by atoms with Gasteiger partial charge in [0, 0.05) is 6.61 Å². The van der Waals surface area contributed by atoms with Crippen LogP contribution < -0.4 is 0 Å². The first-order chi connectivity index (χ1) is 14.6. The molecule has 0 spiro atoms. The van der Waals surface area contributed by atoms with E-state index in [1.54, 1.807) is 0 Å². The largest absolute Gasteiger partial charge is 0.379 e. The summed E-state index contributed by atoms with van der Waals surface area (Å²) in [5, 5.41) is 0. The lowest BCUT2D eigenvalue weighted by Crippen LogP contribution is -2.14. The molecule has 0 aliphatic rings. The Morgan fingerprint density at radius 3 is 1.43 bits per heavy atom. The van der Waals surface area contributed by atoms with Crippen LogP contribution in [0.1, 0.15) is 12.0 Å². The molecular formula is C20H34O9S. The van der Waals surface area contributed by atoms with Gasteiger partial charge in [0.25, 0.3) is 10.1 Å². The van der Waals surface area contributed by atoms with Gasteiger partial charge in [-0.1, -0.05) is 30.3 Å². The predicted molar refractivity (Wildman–Crippen MR) is 111 cm³/mol. The molecule has 0 unspecified atom stereocenters. The first-order valence-corrected chi connectivity index (χ1v) is 11.6. The number of ether oxygens (including phenoxy) is 6. The predicted octanol–water partition coefficient (Wildman–Crippen LogP) is 1.56. The third kappa shape index (κ3) is 18.9. The maximum absolute atomic E-state index is 10.5. The standard InChI is InChI=1S/C20H34O9S/c21-30(22,23)18-4-7-24-8-9-25-10-11-26-12-13-27-14-15-28-16-17-29-19-20-5-2-1-3-6-20/h1-3,5-6H,4,7-19H2,(H,21,22,23). The van der Waals surface area contributed by atoms with Crippen molar-refractivity contribution in [1.29, 1.82) is 0 Å². The molecule has 0 bridgehead atoms. The van der Waals surface area contributed by atoms with Crippen molar-refractivity contribution in [3.05, 3.63) is 35.9 Å². The molecule has 0 heterocycles. The highest BCUT2D eigenvalue weighted by Gasteiger charge is 2.03. The molecular weight excluding hydrogens is 416 g/mol. The van der Waals surface area contributed by atoms with Crippen LogP contribution in [0.3, 0.4) is 0 Å². The van der Waals surface area contributed by atoms with Crippen molar-refractivity contribution >= 4 is 10.1 Å². The molecule has 1 aromatic carbocycles. The molecule has 0 saturated carbocycles. The van der Waals surface area contributed by atoms with E-state index in [1.165, 1.54) is 0 Å². The summed E-state index contributed by atoms with van der Waals surface area (Å²) in [7, 11) is -3.91. The van der Waals surface area contributed by atoms with Crippen LogP contribution in [0.25, 0.3) is 0 Å². The number of benzene rings is 1. The summed E-state index contributed by atoms with van der Waals surface area (Å²) in [6.45, 7) is 5.61. The van der Waals surface area contributed by atoms with E-state index in [0.29, 0.717) is 72.7 Å². The lowest BCUT2D eigenvalue weighted by molar-refractivity contribution is -0.0176. The number of hydrogen-bond donors (Lipinski definition) is 1. The molecule has 30 heavy (non-hydrogen) atoms. The molecule has 9 nitrogen and oxygen atoms in total. The van der Waals surface area contributed by atoms with Crippen LogP contribution in [0.5, 0.6) is 0 Å². The highest BCUT2D eigenvalue weighted by atomic mass is 32.2. The third-order valence-corrected chi connectivity index (χ3v) is 4.47.